The number of carbonyl (C=O) groups excluding carboxylic acids is 4. The summed E-state index contributed by atoms with van der Waals surface area (Å²) in [5, 5.41) is 2.66. The molecule has 2 bridgehead atoms. The van der Waals surface area contributed by atoms with Crippen molar-refractivity contribution in [1.82, 2.24) is 10.2 Å². The molecule has 56 heavy (non-hydrogen) atoms. The first-order valence-electron chi connectivity index (χ1n) is 19.7. The molecule has 2 aliphatic heterocycles. The normalized spacial score (nSPS) is 25.8. The predicted octanol–water partition coefficient (Wildman–Crippen LogP) is 6.75. The Hall–Kier alpha value is -3.56. The summed E-state index contributed by atoms with van der Waals surface area (Å²) >= 11 is 0. The third kappa shape index (κ3) is 9.75. The van der Waals surface area contributed by atoms with Crippen LogP contribution in [0, 0.1) is 17.3 Å². The van der Waals surface area contributed by atoms with Gasteiger partial charge in [-0.15, -0.1) is 0 Å². The Bertz CT molecular complexity index is 1670. The molecule has 1 N–H and O–H groups in total. The van der Waals surface area contributed by atoms with E-state index in [0.29, 0.717) is 43.2 Å². The number of nitrogens with one attached hydrogen (secondary N) is 1. The average Bonchev–Trinajstić information content (AvgIpc) is 3.36. The van der Waals surface area contributed by atoms with Gasteiger partial charge in [0.05, 0.1) is 18.8 Å². The van der Waals surface area contributed by atoms with E-state index in [1.54, 1.807) is 81.4 Å². The Morgan fingerprint density at radius 1 is 0.893 bits per heavy atom. The van der Waals surface area contributed by atoms with Crippen LogP contribution in [0.25, 0.3) is 0 Å². The van der Waals surface area contributed by atoms with Crippen molar-refractivity contribution in [2.45, 2.75) is 156 Å². The molecule has 0 unspecified atom stereocenters. The van der Waals surface area contributed by atoms with Gasteiger partial charge in [0.2, 0.25) is 0 Å². The van der Waals surface area contributed by atoms with Crippen LogP contribution in [0.1, 0.15) is 119 Å². The Labute approximate surface area is 332 Å². The number of nitrogens with zero attached hydrogens (tertiary/aromatic N) is 1. The first-order chi connectivity index (χ1) is 25.6. The number of alkyl carbamates (subject to hydrolysis) is 1. The van der Waals surface area contributed by atoms with Crippen molar-refractivity contribution >= 4 is 31.3 Å². The van der Waals surface area contributed by atoms with Crippen molar-refractivity contribution in [1.29, 1.82) is 0 Å². The molecule has 3 aliphatic carbocycles. The number of methoxy groups -OCH3 is 1. The van der Waals surface area contributed by atoms with Gasteiger partial charge in [-0.05, 0) is 131 Å². The van der Waals surface area contributed by atoms with E-state index in [1.165, 1.54) is 7.11 Å². The lowest BCUT2D eigenvalue weighted by molar-refractivity contribution is -0.199. The maximum Gasteiger partial charge on any atom is 0.514 e. The number of esters is 2. The monoisotopic (exact) mass is 786 g/mol. The van der Waals surface area contributed by atoms with Crippen LogP contribution in [0.5, 0.6) is 11.5 Å². The number of benzene rings is 1. The first-order valence-corrected chi connectivity index (χ1v) is 19.7. The van der Waals surface area contributed by atoms with Crippen LogP contribution in [-0.4, -0.2) is 103 Å². The maximum atomic E-state index is 14.0. The fraction of sp³-hybridized carbons (Fsp3) is 0.756. The van der Waals surface area contributed by atoms with Gasteiger partial charge in [0.1, 0.15) is 34.2 Å². The molecule has 2 heterocycles. The Morgan fingerprint density at radius 2 is 1.52 bits per heavy atom. The van der Waals surface area contributed by atoms with Crippen LogP contribution in [0.3, 0.4) is 0 Å². The number of aryl methyl sites for hydroxylation is 1. The molecule has 0 radical (unpaired) electrons. The summed E-state index contributed by atoms with van der Waals surface area (Å²) in [6, 6.07) is 3.44. The molecule has 5 fully saturated rings. The predicted molar refractivity (Wildman–Crippen MR) is 208 cm³/mol. The van der Waals surface area contributed by atoms with E-state index in [0.717, 1.165) is 12.8 Å². The van der Waals surface area contributed by atoms with Crippen LogP contribution < -0.4 is 14.8 Å². The quantitative estimate of drug-likeness (QED) is 0.109. The second-order valence-electron chi connectivity index (χ2n) is 19.8. The number of carbonyl (C=O) groups is 4. The topological polar surface area (TPSA) is 157 Å². The molecule has 1 aromatic rings. The van der Waals surface area contributed by atoms with E-state index in [9.17, 15) is 19.2 Å². The lowest BCUT2D eigenvalue weighted by Crippen LogP contribution is -2.65. The molecule has 312 valence electrons. The molecule has 0 aromatic heterocycles. The minimum atomic E-state index is -1.42. The van der Waals surface area contributed by atoms with Crippen molar-refractivity contribution in [3.63, 3.8) is 0 Å². The number of likely N-dealkylation sites (tertiary alicyclic amines) is 1. The van der Waals surface area contributed by atoms with Gasteiger partial charge >= 0.3 is 31.3 Å². The van der Waals surface area contributed by atoms with Gasteiger partial charge in [-0.1, -0.05) is 19.9 Å². The third-order valence-electron chi connectivity index (χ3n) is 11.2. The van der Waals surface area contributed by atoms with Gasteiger partial charge in [-0.25, -0.2) is 19.2 Å². The van der Waals surface area contributed by atoms with Crippen LogP contribution in [-0.2, 0) is 39.5 Å². The highest BCUT2D eigenvalue weighted by Crippen LogP contribution is 2.65. The van der Waals surface area contributed by atoms with Crippen molar-refractivity contribution in [3.05, 3.63) is 23.3 Å². The first kappa shape index (κ1) is 43.6. The lowest BCUT2D eigenvalue weighted by atomic mass is 9.43. The van der Waals surface area contributed by atoms with E-state index < -0.39 is 59.8 Å². The van der Waals surface area contributed by atoms with Gasteiger partial charge in [-0.2, -0.15) is 0 Å². The van der Waals surface area contributed by atoms with E-state index in [1.807, 2.05) is 4.90 Å². The fourth-order valence-corrected chi connectivity index (χ4v) is 8.51. The molecule has 5 aliphatic rings. The van der Waals surface area contributed by atoms with E-state index in [-0.39, 0.29) is 40.7 Å². The molecule has 1 amide bonds. The molecule has 5 atom stereocenters. The molecule has 1 aromatic carbocycles. The van der Waals surface area contributed by atoms with Crippen molar-refractivity contribution in [3.8, 4) is 11.5 Å². The van der Waals surface area contributed by atoms with E-state index in [4.69, 9.17) is 37.7 Å². The van der Waals surface area contributed by atoms with Crippen molar-refractivity contribution in [2.24, 2.45) is 17.3 Å². The smallest absolute Gasteiger partial charge is 0.487 e. The van der Waals surface area contributed by atoms with Crippen LogP contribution in [0.2, 0.25) is 6.32 Å². The summed E-state index contributed by atoms with van der Waals surface area (Å²) in [7, 11) is 0.776. The highest BCUT2D eigenvalue weighted by atomic mass is 16.7. The molecule has 0 spiro atoms. The summed E-state index contributed by atoms with van der Waals surface area (Å²) < 4.78 is 47.3. The largest absolute Gasteiger partial charge is 0.514 e. The molecule has 2 saturated heterocycles. The van der Waals surface area contributed by atoms with Gasteiger partial charge < -0.3 is 43.0 Å². The number of ether oxygens (including phenoxy) is 6. The summed E-state index contributed by atoms with van der Waals surface area (Å²) in [5.74, 6) is -0.225. The van der Waals surface area contributed by atoms with E-state index in [2.05, 4.69) is 26.1 Å². The molecular weight excluding hydrogens is 723 g/mol. The summed E-state index contributed by atoms with van der Waals surface area (Å²) in [6.07, 6.45) is 0.747. The molecule has 6 rings (SSSR count). The second-order valence-corrected chi connectivity index (χ2v) is 19.8. The maximum absolute atomic E-state index is 14.0. The molecule has 3 saturated carbocycles. The van der Waals surface area contributed by atoms with Crippen LogP contribution >= 0.6 is 0 Å². The number of rotatable bonds is 11. The third-order valence-corrected chi connectivity index (χ3v) is 11.2. The minimum Gasteiger partial charge on any atom is -0.487 e. The standard InChI is InChI=1S/C41H63BN2O12/c1-36(2,3)52-32(45)30-27(50-26-21-44(22-26)23-40(12,33(46)49-14)43-34(47)53-37(4,5)6)16-15-24(31(30)51-35(48)54-38(7,8)9)17-18-42-55-29-20-25-19-28(39(25,10)11)41(29,13)56-42/h15-16,25-26,28-29H,17-23H2,1-14H3,(H,43,47)/t25-,28-,29+,40+,41-/m0/s1. The summed E-state index contributed by atoms with van der Waals surface area (Å²) in [5.41, 5.74) is -3.61. The van der Waals surface area contributed by atoms with Gasteiger partial charge in [0.15, 0.2) is 11.3 Å². The highest BCUT2D eigenvalue weighted by Gasteiger charge is 2.67. The zero-order valence-corrected chi connectivity index (χ0v) is 35.8. The number of hydrogen-bond donors (Lipinski definition) is 1. The lowest BCUT2D eigenvalue weighted by Gasteiger charge is -2.64. The molecular formula is C41H63BN2O12. The summed E-state index contributed by atoms with van der Waals surface area (Å²) in [4.78, 5) is 54.7. The second kappa shape index (κ2) is 15.3. The zero-order valence-electron chi connectivity index (χ0n) is 35.8. The van der Waals surface area contributed by atoms with Crippen LogP contribution in [0.4, 0.5) is 9.59 Å². The fourth-order valence-electron chi connectivity index (χ4n) is 8.51. The van der Waals surface area contributed by atoms with Crippen molar-refractivity contribution in [2.75, 3.05) is 26.7 Å². The Balaban J connectivity index is 1.38. The SMILES string of the molecule is COC(=O)[C@@](C)(CN1CC(Oc2ccc(CCB3O[C@@H]4C[C@@H]5C[C@@H](C5(C)C)[C@]4(C)O3)c(OC(=O)OC(C)(C)C)c2C(=O)OC(C)(C)C)C1)NC(=O)OC(C)(C)C. The zero-order chi connectivity index (χ0) is 41.8. The number of amides is 1. The van der Waals surface area contributed by atoms with Crippen LogP contribution in [0.15, 0.2) is 12.1 Å². The summed E-state index contributed by atoms with van der Waals surface area (Å²) in [6.45, 7) is 24.8. The van der Waals surface area contributed by atoms with Crippen molar-refractivity contribution < 1.29 is 56.9 Å². The highest BCUT2D eigenvalue weighted by molar-refractivity contribution is 6.45. The van der Waals surface area contributed by atoms with Gasteiger partial charge in [-0.3, -0.25) is 4.90 Å². The molecule has 15 heteroatoms. The average molecular weight is 787 g/mol. The van der Waals surface area contributed by atoms with Gasteiger partial charge in [0, 0.05) is 19.6 Å². The Kier molecular flexibility index (Phi) is 11.9. The minimum absolute atomic E-state index is 0.00970. The Morgan fingerprint density at radius 3 is 2.09 bits per heavy atom. The van der Waals surface area contributed by atoms with Gasteiger partial charge in [0.25, 0.3) is 0 Å². The van der Waals surface area contributed by atoms with E-state index >= 15 is 0 Å². The number of hydrogen-bond acceptors (Lipinski definition) is 13. The molecule has 14 nitrogen and oxygen atoms in total.